The van der Waals surface area contributed by atoms with Crippen LogP contribution in [0.15, 0.2) is 46.5 Å². The lowest BCUT2D eigenvalue weighted by Crippen LogP contribution is -2.23. The van der Waals surface area contributed by atoms with Gasteiger partial charge >= 0.3 is 12.4 Å². The minimum Gasteiger partial charge on any atom is -0.370 e. The van der Waals surface area contributed by atoms with Crippen LogP contribution in [0.2, 0.25) is 0 Å². The molecule has 0 fully saturated rings. The summed E-state index contributed by atoms with van der Waals surface area (Å²) >= 11 is 0.960. The largest absolute Gasteiger partial charge is 0.416 e. The molecule has 18 nitrogen and oxygen atoms in total. The summed E-state index contributed by atoms with van der Waals surface area (Å²) in [6, 6.07) is 3.68. The van der Waals surface area contributed by atoms with Gasteiger partial charge in [-0.05, 0) is 69.0 Å². The van der Waals surface area contributed by atoms with Crippen molar-refractivity contribution < 1.29 is 45.5 Å². The van der Waals surface area contributed by atoms with Gasteiger partial charge in [0.05, 0.1) is 27.4 Å². The minimum absolute atomic E-state index is 0.0472. The summed E-state index contributed by atoms with van der Waals surface area (Å²) in [6.07, 6.45) is -5.05. The number of nitrogens with zero attached hydrogens (tertiary/aromatic N) is 3. The van der Waals surface area contributed by atoms with E-state index < -0.39 is 58.5 Å². The first kappa shape index (κ1) is 55.8. The standard InChI is InChI=1S/C35H42F6N10O4S.C3H9N.CH5N3/c1-3-4-5-8-28(52)48-22-13-20(34(36,37)38)14-23(19(22)2)50-31(54)26-17-27(47-18-46-26)32(55)51-25-16-21(35(39,40)41)15-24(30(25)56-12-10-42)49-29(53)9-6-7-11-45-33(43)44;1-2-3-4;2-1(3)4/h13-18H,3-12,42H2,1-2H3,(H,48,52)(H,49,53)(H,50,54)(H,51,55)(H4,43,44,45);2-4H2,1H3;(H5,2,3,4). The number of alkyl halides is 6. The first-order valence-corrected chi connectivity index (χ1v) is 20.7. The van der Waals surface area contributed by atoms with E-state index in [0.717, 1.165) is 62.1 Å². The highest BCUT2D eigenvalue weighted by molar-refractivity contribution is 7.99. The maximum Gasteiger partial charge on any atom is 0.416 e. The van der Waals surface area contributed by atoms with E-state index >= 15 is 0 Å². The fraction of sp³-hybridized carbons (Fsp3) is 0.436. The summed E-state index contributed by atoms with van der Waals surface area (Å²) in [7, 11) is 0. The average Bonchev–Trinajstić information content (AvgIpc) is 3.20. The van der Waals surface area contributed by atoms with Crippen molar-refractivity contribution in [1.82, 2.24) is 9.97 Å². The Balaban J connectivity index is 0.00000235. The SMILES string of the molecule is CCCCCC(=O)Nc1cc(C(F)(F)F)cc(NC(=O)c2cc(C(=O)Nc3cc(C(F)(F)F)cc(NC(=O)CCCCN=C(N)N)c3SCCN)ncn2)c1C.CCCN.N=C(N)N. The van der Waals surface area contributed by atoms with Crippen LogP contribution in [0.4, 0.5) is 49.1 Å². The maximum absolute atomic E-state index is 14.0. The number of guanidine groups is 2. The zero-order valence-electron chi connectivity index (χ0n) is 35.6. The molecule has 3 aromatic rings. The van der Waals surface area contributed by atoms with Crippen molar-refractivity contribution in [2.75, 3.05) is 46.7 Å². The van der Waals surface area contributed by atoms with Gasteiger partial charge in [0.25, 0.3) is 11.8 Å². The van der Waals surface area contributed by atoms with Crippen molar-refractivity contribution in [1.29, 1.82) is 5.41 Å². The molecule has 0 radical (unpaired) electrons. The molecule has 1 heterocycles. The van der Waals surface area contributed by atoms with Gasteiger partial charge < -0.3 is 55.7 Å². The molecule has 2 aromatic carbocycles. The number of hydrogen-bond acceptors (Lipinski definition) is 11. The van der Waals surface area contributed by atoms with Crippen LogP contribution in [-0.2, 0) is 21.9 Å². The molecule has 0 saturated carbocycles. The third-order valence-corrected chi connectivity index (χ3v) is 9.26. The first-order chi connectivity index (χ1) is 30.0. The number of carbonyl (C=O) groups is 4. The molecule has 354 valence electrons. The molecule has 0 atom stereocenters. The highest BCUT2D eigenvalue weighted by Crippen LogP contribution is 2.41. The monoisotopic (exact) mass is 930 g/mol. The molecular weight excluding hydrogens is 875 g/mol. The maximum atomic E-state index is 14.0. The lowest BCUT2D eigenvalue weighted by atomic mass is 10.1. The Morgan fingerprint density at radius 1 is 0.672 bits per heavy atom. The summed E-state index contributed by atoms with van der Waals surface area (Å²) < 4.78 is 83.6. The van der Waals surface area contributed by atoms with Crippen LogP contribution in [0.1, 0.15) is 103 Å². The van der Waals surface area contributed by atoms with Crippen molar-refractivity contribution in [3.8, 4) is 0 Å². The van der Waals surface area contributed by atoms with Crippen LogP contribution in [-0.4, -0.2) is 70.9 Å². The third kappa shape index (κ3) is 20.8. The lowest BCUT2D eigenvalue weighted by Gasteiger charge is -2.19. The molecule has 0 saturated heterocycles. The van der Waals surface area contributed by atoms with E-state index in [1.54, 1.807) is 0 Å². The molecule has 25 heteroatoms. The number of aromatic nitrogens is 2. The van der Waals surface area contributed by atoms with Crippen molar-refractivity contribution >= 4 is 70.1 Å². The van der Waals surface area contributed by atoms with Gasteiger partial charge in [-0.1, -0.05) is 26.7 Å². The Labute approximate surface area is 370 Å². The van der Waals surface area contributed by atoms with Crippen LogP contribution >= 0.6 is 11.8 Å². The van der Waals surface area contributed by atoms with Crippen molar-refractivity contribution in [3.63, 3.8) is 0 Å². The number of amides is 4. The summed E-state index contributed by atoms with van der Waals surface area (Å²) in [5, 5.41) is 15.6. The summed E-state index contributed by atoms with van der Waals surface area (Å²) in [5.74, 6) is -3.57. The van der Waals surface area contributed by atoms with E-state index in [1.807, 2.05) is 6.92 Å². The molecule has 1 aromatic heterocycles. The number of rotatable bonds is 19. The van der Waals surface area contributed by atoms with E-state index in [2.05, 4.69) is 54.6 Å². The van der Waals surface area contributed by atoms with E-state index in [1.165, 1.54) is 6.92 Å². The minimum atomic E-state index is -4.91. The Hall–Kier alpha value is -6.21. The quantitative estimate of drug-likeness (QED) is 0.0234. The Morgan fingerprint density at radius 2 is 1.09 bits per heavy atom. The molecule has 0 aliphatic heterocycles. The summed E-state index contributed by atoms with van der Waals surface area (Å²) in [5.41, 5.74) is 25.8. The number of hydrogen-bond donors (Lipinski definition) is 11. The predicted octanol–water partition coefficient (Wildman–Crippen LogP) is 5.47. The molecule has 0 aliphatic rings. The van der Waals surface area contributed by atoms with E-state index in [-0.39, 0.29) is 76.8 Å². The zero-order valence-corrected chi connectivity index (χ0v) is 36.4. The predicted molar refractivity (Wildman–Crippen MR) is 237 cm³/mol. The highest BCUT2D eigenvalue weighted by Gasteiger charge is 2.34. The number of thioether (sulfide) groups is 1. The van der Waals surface area contributed by atoms with Gasteiger partial charge in [-0.3, -0.25) is 29.6 Å². The fourth-order valence-corrected chi connectivity index (χ4v) is 5.83. The Morgan fingerprint density at radius 3 is 1.53 bits per heavy atom. The molecule has 0 aliphatic carbocycles. The van der Waals surface area contributed by atoms with Crippen LogP contribution < -0.4 is 55.7 Å². The number of nitrogens with one attached hydrogen (secondary N) is 5. The van der Waals surface area contributed by atoms with Crippen molar-refractivity contribution in [3.05, 3.63) is 64.7 Å². The van der Waals surface area contributed by atoms with Gasteiger partial charge in [0.2, 0.25) is 11.8 Å². The van der Waals surface area contributed by atoms with E-state index in [9.17, 15) is 45.5 Å². The molecule has 0 spiro atoms. The van der Waals surface area contributed by atoms with Crippen molar-refractivity contribution in [2.24, 2.45) is 39.4 Å². The first-order valence-electron chi connectivity index (χ1n) is 19.7. The van der Waals surface area contributed by atoms with Crippen molar-refractivity contribution in [2.45, 2.75) is 89.4 Å². The summed E-state index contributed by atoms with van der Waals surface area (Å²) in [4.78, 5) is 63.4. The number of anilines is 4. The molecule has 3 rings (SSSR count). The van der Waals surface area contributed by atoms with E-state index in [0.29, 0.717) is 31.4 Å². The molecule has 4 amide bonds. The van der Waals surface area contributed by atoms with Crippen LogP contribution in [0.5, 0.6) is 0 Å². The molecular formula is C39H56F6N14O4S. The second kappa shape index (κ2) is 27.8. The lowest BCUT2D eigenvalue weighted by molar-refractivity contribution is -0.138. The third-order valence-electron chi connectivity index (χ3n) is 8.09. The molecule has 0 bridgehead atoms. The molecule has 64 heavy (non-hydrogen) atoms. The number of unbranched alkanes of at least 4 members (excludes halogenated alkanes) is 3. The topological polar surface area (TPSA) is 335 Å². The number of carbonyl (C=O) groups excluding carboxylic acids is 4. The van der Waals surface area contributed by atoms with Crippen LogP contribution in [0.25, 0.3) is 0 Å². The second-order valence-corrected chi connectivity index (χ2v) is 14.6. The van der Waals surface area contributed by atoms with Gasteiger partial charge in [-0.25, -0.2) is 9.97 Å². The van der Waals surface area contributed by atoms with E-state index in [4.69, 9.17) is 28.3 Å². The number of aliphatic imine (C=N–C) groups is 1. The van der Waals surface area contributed by atoms with Gasteiger partial charge in [0, 0.05) is 49.1 Å². The molecule has 17 N–H and O–H groups in total. The van der Waals surface area contributed by atoms with Gasteiger partial charge in [0.15, 0.2) is 11.9 Å². The molecule has 0 unspecified atom stereocenters. The smallest absolute Gasteiger partial charge is 0.370 e. The van der Waals surface area contributed by atoms with Crippen LogP contribution in [0.3, 0.4) is 0 Å². The summed E-state index contributed by atoms with van der Waals surface area (Å²) in [6.45, 7) is 6.51. The normalized spacial score (nSPS) is 10.9. The second-order valence-electron chi connectivity index (χ2n) is 13.5. The Kier molecular flexibility index (Phi) is 24.2. The zero-order chi connectivity index (χ0) is 48.6. The highest BCUT2D eigenvalue weighted by atomic mass is 32.2. The number of benzene rings is 2. The van der Waals surface area contributed by atoms with Gasteiger partial charge in [-0.15, -0.1) is 11.8 Å². The number of nitrogens with two attached hydrogens (primary N) is 6. The Bertz CT molecular complexity index is 2060. The average molecular weight is 931 g/mol. The van der Waals surface area contributed by atoms with Crippen LogP contribution in [0, 0.1) is 12.3 Å². The van der Waals surface area contributed by atoms with Gasteiger partial charge in [-0.2, -0.15) is 26.3 Å². The van der Waals surface area contributed by atoms with Gasteiger partial charge in [0.1, 0.15) is 17.7 Å². The fourth-order valence-electron chi connectivity index (χ4n) is 4.98. The number of halogens is 6.